The van der Waals surface area contributed by atoms with Crippen molar-refractivity contribution < 1.29 is 23.5 Å². The van der Waals surface area contributed by atoms with Crippen LogP contribution in [0.5, 0.6) is 11.5 Å². The minimum atomic E-state index is -0.496. The maximum absolute atomic E-state index is 14.2. The molecule has 1 saturated heterocycles. The van der Waals surface area contributed by atoms with Crippen LogP contribution >= 0.6 is 0 Å². The largest absolute Gasteiger partial charge is 0.494 e. The Balaban J connectivity index is 0.000000270. The lowest BCUT2D eigenvalue weighted by Gasteiger charge is -2.31. The molecule has 2 amide bonds. The Labute approximate surface area is 226 Å². The Morgan fingerprint density at radius 3 is 2.64 bits per heavy atom. The molecule has 39 heavy (non-hydrogen) atoms. The van der Waals surface area contributed by atoms with Gasteiger partial charge in [-0.2, -0.15) is 0 Å². The van der Waals surface area contributed by atoms with E-state index >= 15 is 0 Å². The van der Waals surface area contributed by atoms with Crippen molar-refractivity contribution in [1.29, 1.82) is 0 Å². The topological polar surface area (TPSA) is 112 Å². The van der Waals surface area contributed by atoms with Crippen molar-refractivity contribution in [3.05, 3.63) is 66.4 Å². The van der Waals surface area contributed by atoms with Gasteiger partial charge in [-0.05, 0) is 31.3 Å². The van der Waals surface area contributed by atoms with E-state index < -0.39 is 5.82 Å². The van der Waals surface area contributed by atoms with E-state index in [1.807, 2.05) is 4.90 Å². The number of likely N-dealkylation sites (N-methyl/N-ethyl adjacent to an activating group) is 1. The summed E-state index contributed by atoms with van der Waals surface area (Å²) in [6.07, 6.45) is 5.28. The fourth-order valence-electron chi connectivity index (χ4n) is 4.56. The Morgan fingerprint density at radius 2 is 1.95 bits per heavy atom. The molecule has 0 saturated carbocycles. The zero-order valence-electron chi connectivity index (χ0n) is 22.3. The third-order valence-corrected chi connectivity index (χ3v) is 6.66. The summed E-state index contributed by atoms with van der Waals surface area (Å²) in [7, 11) is 5.02. The Hall–Kier alpha value is -4.38. The number of pyridine rings is 1. The summed E-state index contributed by atoms with van der Waals surface area (Å²) in [5.74, 6) is -0.0192. The van der Waals surface area contributed by atoms with E-state index in [0.29, 0.717) is 41.3 Å². The lowest BCUT2D eigenvalue weighted by atomic mass is 10.0. The second kappa shape index (κ2) is 12.4. The van der Waals surface area contributed by atoms with Crippen LogP contribution in [0, 0.1) is 5.82 Å². The van der Waals surface area contributed by atoms with Crippen molar-refractivity contribution in [2.45, 2.75) is 6.42 Å². The number of amides is 2. The third kappa shape index (κ3) is 6.04. The Kier molecular flexibility index (Phi) is 8.82. The molecule has 11 heteroatoms. The number of hydrogen-bond acceptors (Lipinski definition) is 7. The summed E-state index contributed by atoms with van der Waals surface area (Å²) in [5.41, 5.74) is 3.63. The summed E-state index contributed by atoms with van der Waals surface area (Å²) in [6, 6.07) is 6.37. The molecule has 5 rings (SSSR count). The summed E-state index contributed by atoms with van der Waals surface area (Å²) < 4.78 is 24.8. The van der Waals surface area contributed by atoms with E-state index in [9.17, 15) is 14.0 Å². The van der Waals surface area contributed by atoms with Crippen LogP contribution < -0.4 is 20.1 Å². The van der Waals surface area contributed by atoms with Gasteiger partial charge in [0.1, 0.15) is 5.75 Å². The zero-order chi connectivity index (χ0) is 27.9. The number of hydrogen-bond donors (Lipinski definition) is 3. The Bertz CT molecular complexity index is 1350. The van der Waals surface area contributed by atoms with Crippen molar-refractivity contribution in [3.63, 3.8) is 0 Å². The number of H-pyrrole nitrogens is 1. The van der Waals surface area contributed by atoms with Crippen molar-refractivity contribution in [2.75, 3.05) is 59.3 Å². The van der Waals surface area contributed by atoms with E-state index in [1.54, 1.807) is 37.7 Å². The van der Waals surface area contributed by atoms with Crippen LogP contribution in [0.1, 0.15) is 16.1 Å². The fourth-order valence-corrected chi connectivity index (χ4v) is 4.56. The maximum Gasteiger partial charge on any atom is 0.255 e. The number of nitrogens with zero attached hydrogens (tertiary/aromatic N) is 3. The number of benzene rings is 1. The number of rotatable bonds is 6. The minimum Gasteiger partial charge on any atom is -0.494 e. The molecule has 3 N–H and O–H groups in total. The average Bonchev–Trinajstić information content (AvgIpc) is 3.32. The highest BCUT2D eigenvalue weighted by Crippen LogP contribution is 2.41. The molecule has 0 aliphatic carbocycles. The number of aromatic nitrogens is 2. The number of fused-ring (bicyclic) bond motifs is 1. The molecular formula is C28H33FN6O4. The number of halogens is 1. The van der Waals surface area contributed by atoms with Crippen molar-refractivity contribution >= 4 is 23.2 Å². The van der Waals surface area contributed by atoms with E-state index in [2.05, 4.69) is 39.1 Å². The molecule has 1 fully saturated rings. The van der Waals surface area contributed by atoms with E-state index in [0.717, 1.165) is 37.4 Å². The standard InChI is InChI=1S/C20H19FN4O3.C8H14N2O/c1-27-15-10-22-8-6-11(15)17-18(16-13(24-17)7-9-23-20(16)26)25-14-5-3-4-12(21)19(14)28-2;1-3-8(11)10-6-4-9(2)5-7-10/h3-6,8,10,24-25H,7,9H2,1-2H3,(H,23,26);3H,1,4-7H2,2H3. The number of carbonyl (C=O) groups is 2. The molecule has 0 unspecified atom stereocenters. The van der Waals surface area contributed by atoms with Crippen molar-refractivity contribution in [1.82, 2.24) is 25.1 Å². The van der Waals surface area contributed by atoms with Gasteiger partial charge in [0, 0.05) is 56.6 Å². The highest BCUT2D eigenvalue weighted by atomic mass is 19.1. The van der Waals surface area contributed by atoms with Crippen LogP contribution in [0.3, 0.4) is 0 Å². The molecule has 0 radical (unpaired) electrons. The van der Waals surface area contributed by atoms with Gasteiger partial charge in [-0.25, -0.2) is 4.39 Å². The normalized spacial score (nSPS) is 14.9. The molecule has 0 atom stereocenters. The van der Waals surface area contributed by atoms with Gasteiger partial charge in [0.25, 0.3) is 5.91 Å². The number of ether oxygens (including phenoxy) is 2. The quantitative estimate of drug-likeness (QED) is 0.415. The lowest BCUT2D eigenvalue weighted by Crippen LogP contribution is -2.46. The van der Waals surface area contributed by atoms with Crippen LogP contribution in [0.15, 0.2) is 49.3 Å². The van der Waals surface area contributed by atoms with Crippen molar-refractivity contribution in [3.8, 4) is 22.8 Å². The summed E-state index contributed by atoms with van der Waals surface area (Å²) in [6.45, 7) is 7.61. The maximum atomic E-state index is 14.2. The second-order valence-electron chi connectivity index (χ2n) is 9.09. The molecule has 2 aliphatic heterocycles. The smallest absolute Gasteiger partial charge is 0.255 e. The van der Waals surface area contributed by atoms with Gasteiger partial charge in [0.05, 0.1) is 43.0 Å². The Morgan fingerprint density at radius 1 is 1.18 bits per heavy atom. The average molecular weight is 537 g/mol. The van der Waals surface area contributed by atoms with Gasteiger partial charge in [0.2, 0.25) is 5.91 Å². The molecule has 1 aromatic carbocycles. The van der Waals surface area contributed by atoms with Gasteiger partial charge >= 0.3 is 0 Å². The number of carbonyl (C=O) groups excluding carboxylic acids is 2. The molecule has 2 aromatic heterocycles. The summed E-state index contributed by atoms with van der Waals surface area (Å²) >= 11 is 0. The first-order valence-corrected chi connectivity index (χ1v) is 12.6. The zero-order valence-corrected chi connectivity index (χ0v) is 22.3. The van der Waals surface area contributed by atoms with Crippen LogP contribution in [0.2, 0.25) is 0 Å². The van der Waals surface area contributed by atoms with E-state index in [1.165, 1.54) is 19.3 Å². The molecule has 4 heterocycles. The van der Waals surface area contributed by atoms with E-state index in [-0.39, 0.29) is 17.6 Å². The first kappa shape index (κ1) is 27.6. The van der Waals surface area contributed by atoms with Gasteiger partial charge in [-0.15, -0.1) is 0 Å². The molecule has 3 aromatic rings. The minimum absolute atomic E-state index is 0.0538. The van der Waals surface area contributed by atoms with Gasteiger partial charge in [0.15, 0.2) is 11.6 Å². The number of anilines is 2. The van der Waals surface area contributed by atoms with Gasteiger partial charge in [-0.1, -0.05) is 12.6 Å². The highest BCUT2D eigenvalue weighted by Gasteiger charge is 2.28. The number of para-hydroxylation sites is 1. The number of nitrogens with one attached hydrogen (secondary N) is 3. The predicted octanol–water partition coefficient (Wildman–Crippen LogP) is 3.21. The molecule has 0 spiro atoms. The second-order valence-corrected chi connectivity index (χ2v) is 9.09. The number of aromatic amines is 1. The van der Waals surface area contributed by atoms with E-state index in [4.69, 9.17) is 9.47 Å². The van der Waals surface area contributed by atoms with Crippen LogP contribution in [0.4, 0.5) is 15.8 Å². The predicted molar refractivity (Wildman–Crippen MR) is 147 cm³/mol. The fraction of sp³-hybridized carbons (Fsp3) is 0.321. The van der Waals surface area contributed by atoms with Crippen LogP contribution in [-0.4, -0.2) is 85.6 Å². The highest BCUT2D eigenvalue weighted by molar-refractivity contribution is 6.06. The molecule has 10 nitrogen and oxygen atoms in total. The molecule has 2 aliphatic rings. The molecule has 206 valence electrons. The SMILES string of the molecule is C=CC(=O)N1CCN(C)CC1.COc1cnccc1-c1[nH]c2c(c1Nc1cccc(F)c1OC)C(=O)NCC2. The monoisotopic (exact) mass is 536 g/mol. The van der Waals surface area contributed by atoms with Crippen molar-refractivity contribution in [2.24, 2.45) is 0 Å². The van der Waals surface area contributed by atoms with Crippen LogP contribution in [0.25, 0.3) is 11.3 Å². The first-order chi connectivity index (χ1) is 18.9. The molecular weight excluding hydrogens is 503 g/mol. The molecule has 0 bridgehead atoms. The lowest BCUT2D eigenvalue weighted by molar-refractivity contribution is -0.127. The number of piperazine rings is 1. The van der Waals surface area contributed by atoms with Gasteiger partial charge in [-0.3, -0.25) is 14.6 Å². The van der Waals surface area contributed by atoms with Crippen LogP contribution in [-0.2, 0) is 11.2 Å². The third-order valence-electron chi connectivity index (χ3n) is 6.66. The van der Waals surface area contributed by atoms with Gasteiger partial charge < -0.3 is 34.9 Å². The first-order valence-electron chi connectivity index (χ1n) is 12.6. The number of methoxy groups -OCH3 is 2. The summed E-state index contributed by atoms with van der Waals surface area (Å²) in [4.78, 5) is 35.1. The summed E-state index contributed by atoms with van der Waals surface area (Å²) in [5, 5.41) is 6.04.